The highest BCUT2D eigenvalue weighted by Gasteiger charge is 2.26. The number of hydrogen-bond donors (Lipinski definition) is 1. The van der Waals surface area contributed by atoms with Crippen LogP contribution in [-0.2, 0) is 9.47 Å². The number of ether oxygens (including phenoxy) is 3. The fourth-order valence-corrected chi connectivity index (χ4v) is 4.10. The molecule has 0 spiro atoms. The summed E-state index contributed by atoms with van der Waals surface area (Å²) in [5.41, 5.74) is 1.24. The molecule has 31 heavy (non-hydrogen) atoms. The van der Waals surface area contributed by atoms with Gasteiger partial charge in [0.2, 0.25) is 0 Å². The van der Waals surface area contributed by atoms with Crippen molar-refractivity contribution in [3.63, 3.8) is 0 Å². The van der Waals surface area contributed by atoms with Gasteiger partial charge in [-0.3, -0.25) is 9.89 Å². The van der Waals surface area contributed by atoms with Crippen LogP contribution in [0.4, 0.5) is 0 Å². The SMILES string of the molecule is CCNC(=NCC(c1cccc(OC)c1)N(CC)CC)N1CCC(COCCOC)C1. The molecule has 0 saturated carbocycles. The van der Waals surface area contributed by atoms with Crippen molar-refractivity contribution in [1.29, 1.82) is 0 Å². The number of rotatable bonds is 13. The van der Waals surface area contributed by atoms with E-state index in [4.69, 9.17) is 19.2 Å². The Labute approximate surface area is 188 Å². The largest absolute Gasteiger partial charge is 0.497 e. The van der Waals surface area contributed by atoms with Gasteiger partial charge >= 0.3 is 0 Å². The molecule has 1 saturated heterocycles. The number of hydrogen-bond acceptors (Lipinski definition) is 5. The van der Waals surface area contributed by atoms with Gasteiger partial charge in [0.05, 0.1) is 39.5 Å². The molecule has 7 nitrogen and oxygen atoms in total. The molecule has 0 amide bonds. The van der Waals surface area contributed by atoms with Crippen molar-refractivity contribution < 1.29 is 14.2 Å². The van der Waals surface area contributed by atoms with Gasteiger partial charge < -0.3 is 24.4 Å². The first-order valence-corrected chi connectivity index (χ1v) is 11.6. The van der Waals surface area contributed by atoms with Crippen LogP contribution in [0.1, 0.15) is 38.8 Å². The minimum absolute atomic E-state index is 0.217. The lowest BCUT2D eigenvalue weighted by atomic mass is 10.0. The van der Waals surface area contributed by atoms with Gasteiger partial charge in [-0.2, -0.15) is 0 Å². The second-order valence-corrected chi connectivity index (χ2v) is 7.88. The monoisotopic (exact) mass is 434 g/mol. The van der Waals surface area contributed by atoms with Gasteiger partial charge in [0.15, 0.2) is 5.96 Å². The van der Waals surface area contributed by atoms with Crippen LogP contribution in [0.15, 0.2) is 29.3 Å². The summed E-state index contributed by atoms with van der Waals surface area (Å²) in [5, 5.41) is 3.50. The highest BCUT2D eigenvalue weighted by molar-refractivity contribution is 5.80. The van der Waals surface area contributed by atoms with E-state index in [1.54, 1.807) is 14.2 Å². The number of guanidine groups is 1. The van der Waals surface area contributed by atoms with Crippen molar-refractivity contribution in [1.82, 2.24) is 15.1 Å². The van der Waals surface area contributed by atoms with E-state index in [-0.39, 0.29) is 6.04 Å². The van der Waals surface area contributed by atoms with E-state index in [0.29, 0.717) is 25.7 Å². The van der Waals surface area contributed by atoms with E-state index >= 15 is 0 Å². The van der Waals surface area contributed by atoms with Gasteiger partial charge in [-0.25, -0.2) is 0 Å². The van der Waals surface area contributed by atoms with Crippen LogP contribution in [0.3, 0.4) is 0 Å². The van der Waals surface area contributed by atoms with E-state index in [1.807, 2.05) is 6.07 Å². The summed E-state index contributed by atoms with van der Waals surface area (Å²) in [6.45, 7) is 14.2. The number of likely N-dealkylation sites (tertiary alicyclic amines) is 1. The molecule has 1 N–H and O–H groups in total. The van der Waals surface area contributed by atoms with E-state index in [1.165, 1.54) is 5.56 Å². The van der Waals surface area contributed by atoms with Gasteiger partial charge in [0, 0.05) is 32.7 Å². The molecule has 0 aromatic heterocycles. The maximum Gasteiger partial charge on any atom is 0.193 e. The number of benzene rings is 1. The number of methoxy groups -OCH3 is 2. The van der Waals surface area contributed by atoms with Gasteiger partial charge in [-0.15, -0.1) is 0 Å². The summed E-state index contributed by atoms with van der Waals surface area (Å²) < 4.78 is 16.3. The molecule has 1 heterocycles. The van der Waals surface area contributed by atoms with Crippen LogP contribution >= 0.6 is 0 Å². The predicted octanol–water partition coefficient (Wildman–Crippen LogP) is 3.03. The molecule has 1 aliphatic rings. The third kappa shape index (κ3) is 7.98. The van der Waals surface area contributed by atoms with Crippen LogP contribution in [0, 0.1) is 5.92 Å². The summed E-state index contributed by atoms with van der Waals surface area (Å²) in [7, 11) is 3.42. The smallest absolute Gasteiger partial charge is 0.193 e. The number of nitrogens with one attached hydrogen (secondary N) is 1. The Balaban J connectivity index is 2.09. The number of nitrogens with zero attached hydrogens (tertiary/aromatic N) is 3. The van der Waals surface area contributed by atoms with E-state index in [2.05, 4.69) is 54.1 Å². The second-order valence-electron chi connectivity index (χ2n) is 7.88. The summed E-state index contributed by atoms with van der Waals surface area (Å²) >= 11 is 0. The van der Waals surface area contributed by atoms with Crippen molar-refractivity contribution in [3.05, 3.63) is 29.8 Å². The summed E-state index contributed by atoms with van der Waals surface area (Å²) in [6, 6.07) is 8.59. The standard InChI is InChI=1S/C24H42N4O3/c1-6-25-24(28-13-12-20(18-28)19-31-15-14-29-4)26-17-23(27(7-2)8-3)21-10-9-11-22(16-21)30-5/h9-11,16,20,23H,6-8,12-15,17-19H2,1-5H3,(H,25,26). The van der Waals surface area contributed by atoms with E-state index in [9.17, 15) is 0 Å². The summed E-state index contributed by atoms with van der Waals surface area (Å²) in [6.07, 6.45) is 1.13. The lowest BCUT2D eigenvalue weighted by Crippen LogP contribution is -2.41. The average Bonchev–Trinajstić information content (AvgIpc) is 3.27. The third-order valence-electron chi connectivity index (χ3n) is 5.85. The fraction of sp³-hybridized carbons (Fsp3) is 0.708. The van der Waals surface area contributed by atoms with Gasteiger partial charge in [0.25, 0.3) is 0 Å². The molecule has 176 valence electrons. The molecule has 0 bridgehead atoms. The molecule has 0 aliphatic carbocycles. The van der Waals surface area contributed by atoms with Crippen molar-refractivity contribution in [2.75, 3.05) is 73.3 Å². The zero-order chi connectivity index (χ0) is 22.5. The summed E-state index contributed by atoms with van der Waals surface area (Å²) in [4.78, 5) is 9.91. The fourth-order valence-electron chi connectivity index (χ4n) is 4.10. The molecular formula is C24H42N4O3. The van der Waals surface area contributed by atoms with Gasteiger partial charge in [-0.1, -0.05) is 26.0 Å². The van der Waals surface area contributed by atoms with Crippen molar-refractivity contribution in [2.24, 2.45) is 10.9 Å². The van der Waals surface area contributed by atoms with Crippen molar-refractivity contribution in [2.45, 2.75) is 33.2 Å². The van der Waals surface area contributed by atoms with Crippen LogP contribution in [0.2, 0.25) is 0 Å². The van der Waals surface area contributed by atoms with Crippen LogP contribution in [-0.4, -0.2) is 89.1 Å². The molecule has 7 heteroatoms. The lowest BCUT2D eigenvalue weighted by molar-refractivity contribution is 0.0536. The molecule has 1 aromatic carbocycles. The molecule has 1 aliphatic heterocycles. The Hall–Kier alpha value is -1.83. The second kappa shape index (κ2) is 14.3. The molecule has 1 fully saturated rings. The van der Waals surface area contributed by atoms with Crippen LogP contribution < -0.4 is 10.1 Å². The Bertz CT molecular complexity index is 651. The van der Waals surface area contributed by atoms with Crippen LogP contribution in [0.5, 0.6) is 5.75 Å². The zero-order valence-corrected chi connectivity index (χ0v) is 20.1. The first kappa shape index (κ1) is 25.4. The van der Waals surface area contributed by atoms with Gasteiger partial charge in [0.1, 0.15) is 5.75 Å². The predicted molar refractivity (Wildman–Crippen MR) is 127 cm³/mol. The van der Waals surface area contributed by atoms with E-state index in [0.717, 1.165) is 57.5 Å². The van der Waals surface area contributed by atoms with Crippen molar-refractivity contribution >= 4 is 5.96 Å². The maximum absolute atomic E-state index is 5.75. The molecular weight excluding hydrogens is 392 g/mol. The molecule has 1 aromatic rings. The minimum Gasteiger partial charge on any atom is -0.497 e. The first-order chi connectivity index (χ1) is 15.2. The summed E-state index contributed by atoms with van der Waals surface area (Å²) in [5.74, 6) is 2.43. The van der Waals surface area contributed by atoms with Crippen LogP contribution in [0.25, 0.3) is 0 Å². The lowest BCUT2D eigenvalue weighted by Gasteiger charge is -2.30. The Morgan fingerprint density at radius 3 is 2.71 bits per heavy atom. The zero-order valence-electron chi connectivity index (χ0n) is 20.1. The van der Waals surface area contributed by atoms with E-state index < -0.39 is 0 Å². The Kier molecular flexibility index (Phi) is 11.7. The third-order valence-corrected chi connectivity index (χ3v) is 5.85. The first-order valence-electron chi connectivity index (χ1n) is 11.6. The van der Waals surface area contributed by atoms with Gasteiger partial charge in [-0.05, 0) is 44.1 Å². The quantitative estimate of drug-likeness (QED) is 0.293. The highest BCUT2D eigenvalue weighted by atomic mass is 16.5. The van der Waals surface area contributed by atoms with Crippen molar-refractivity contribution in [3.8, 4) is 5.75 Å². The average molecular weight is 435 g/mol. The Morgan fingerprint density at radius 1 is 1.23 bits per heavy atom. The molecule has 2 rings (SSSR count). The minimum atomic E-state index is 0.217. The molecule has 2 unspecified atom stereocenters. The number of likely N-dealkylation sites (N-methyl/N-ethyl adjacent to an activating group) is 1. The highest BCUT2D eigenvalue weighted by Crippen LogP contribution is 2.25. The normalized spacial score (nSPS) is 17.9. The topological polar surface area (TPSA) is 58.6 Å². The maximum atomic E-state index is 5.75. The molecule has 0 radical (unpaired) electrons. The number of aliphatic imine (C=N–C) groups is 1. The molecule has 2 atom stereocenters. The Morgan fingerprint density at radius 2 is 2.03 bits per heavy atom.